The molecule has 0 spiro atoms. The van der Waals surface area contributed by atoms with Crippen LogP contribution in [0.2, 0.25) is 0 Å². The first-order chi connectivity index (χ1) is 14.2. The normalized spacial score (nSPS) is 17.0. The molecule has 0 atom stereocenters. The van der Waals surface area contributed by atoms with Crippen molar-refractivity contribution in [2.24, 2.45) is 0 Å². The van der Waals surface area contributed by atoms with Crippen molar-refractivity contribution in [2.75, 3.05) is 29.9 Å². The van der Waals surface area contributed by atoms with E-state index in [1.807, 2.05) is 19.1 Å². The molecule has 1 saturated heterocycles. The largest absolute Gasteiger partial charge is 0.340 e. The molecule has 1 aliphatic heterocycles. The zero-order valence-electron chi connectivity index (χ0n) is 16.2. The maximum Gasteiger partial charge on any atom is 0.256 e. The number of aryl methyl sites for hydroxylation is 1. The van der Waals surface area contributed by atoms with E-state index in [2.05, 4.69) is 10.3 Å². The molecule has 1 amide bonds. The zero-order chi connectivity index (χ0) is 21.5. The van der Waals surface area contributed by atoms with Gasteiger partial charge in [-0.05, 0) is 24.6 Å². The molecule has 0 aliphatic carbocycles. The van der Waals surface area contributed by atoms with Crippen molar-refractivity contribution in [2.45, 2.75) is 6.92 Å². The van der Waals surface area contributed by atoms with Crippen molar-refractivity contribution in [3.63, 3.8) is 0 Å². The number of amides is 1. The predicted octanol–water partition coefficient (Wildman–Crippen LogP) is 4.77. The van der Waals surface area contributed by atoms with Crippen LogP contribution in [0.5, 0.6) is 0 Å². The van der Waals surface area contributed by atoms with Crippen LogP contribution in [0.15, 0.2) is 42.6 Å². The fraction of sp³-hybridized carbons (Fsp3) is 0.238. The van der Waals surface area contributed by atoms with Gasteiger partial charge < -0.3 is 10.2 Å². The van der Waals surface area contributed by atoms with Crippen molar-refractivity contribution in [3.8, 4) is 0 Å². The highest BCUT2D eigenvalue weighted by Gasteiger charge is 2.28. The van der Waals surface area contributed by atoms with Crippen molar-refractivity contribution in [3.05, 3.63) is 65.4 Å². The molecule has 6 nitrogen and oxygen atoms in total. The number of pyridine rings is 1. The molecule has 30 heavy (non-hydrogen) atoms. The number of nitrogens with zero attached hydrogens (tertiary/aromatic N) is 2. The average Bonchev–Trinajstić information content (AvgIpc) is 2.67. The van der Waals surface area contributed by atoms with Crippen molar-refractivity contribution in [1.82, 2.24) is 9.88 Å². The number of benzene rings is 2. The molecule has 2 heterocycles. The number of rotatable bonds is 3. The summed E-state index contributed by atoms with van der Waals surface area (Å²) < 4.78 is 46.7. The monoisotopic (exact) mass is 433 g/mol. The highest BCUT2D eigenvalue weighted by molar-refractivity contribution is 8.24. The summed E-state index contributed by atoms with van der Waals surface area (Å²) in [6.45, 7) is 2.39. The van der Waals surface area contributed by atoms with Gasteiger partial charge in [0, 0.05) is 41.8 Å². The Morgan fingerprint density at radius 3 is 2.47 bits per heavy atom. The van der Waals surface area contributed by atoms with Gasteiger partial charge in [0.15, 0.2) is 0 Å². The minimum atomic E-state index is -2.61. The fourth-order valence-electron chi connectivity index (χ4n) is 3.61. The second-order valence-corrected chi connectivity index (χ2v) is 9.72. The average molecular weight is 433 g/mol. The summed E-state index contributed by atoms with van der Waals surface area (Å²) in [5, 5.41) is 4.27. The van der Waals surface area contributed by atoms with Crippen LogP contribution < -0.4 is 5.32 Å². The van der Waals surface area contributed by atoms with Gasteiger partial charge in [0.25, 0.3) is 5.91 Å². The quantitative estimate of drug-likeness (QED) is 0.554. The molecular formula is C21H21F2N3O3S. The molecule has 0 radical (unpaired) electrons. The molecule has 9 heteroatoms. The molecule has 3 aromatic rings. The van der Waals surface area contributed by atoms with E-state index >= 15 is 0 Å². The van der Waals surface area contributed by atoms with Gasteiger partial charge in [-0.3, -0.25) is 13.9 Å². The number of fused-ring (bicyclic) bond motifs is 1. The minimum absolute atomic E-state index is 0.161. The lowest BCUT2D eigenvalue weighted by Gasteiger charge is -2.41. The van der Waals surface area contributed by atoms with Crippen LogP contribution in [0.25, 0.3) is 10.8 Å². The lowest BCUT2D eigenvalue weighted by atomic mass is 10.0. The Hall–Kier alpha value is -2.75. The van der Waals surface area contributed by atoms with Crippen LogP contribution >= 0.6 is 10.6 Å². The topological polar surface area (TPSA) is 85.7 Å². The van der Waals surface area contributed by atoms with Crippen LogP contribution in [0.3, 0.4) is 0 Å². The van der Waals surface area contributed by atoms with Crippen LogP contribution in [-0.2, 0) is 0 Å². The SMILES string of the molecule is Cc1cccc2c(Nc3cc(F)cc(F)c3)ncc(C(=O)N3CCS(O)(O)CC3)c12. The van der Waals surface area contributed by atoms with Gasteiger partial charge in [-0.15, -0.1) is 0 Å². The van der Waals surface area contributed by atoms with Crippen LogP contribution in [0.4, 0.5) is 20.3 Å². The zero-order valence-corrected chi connectivity index (χ0v) is 17.0. The van der Waals surface area contributed by atoms with Crippen LogP contribution in [0.1, 0.15) is 15.9 Å². The first kappa shape index (κ1) is 20.5. The molecule has 0 bridgehead atoms. The number of hydrogen-bond donors (Lipinski definition) is 3. The third-order valence-electron chi connectivity index (χ3n) is 5.14. The Kier molecular flexibility index (Phi) is 5.35. The highest BCUT2D eigenvalue weighted by atomic mass is 32.3. The second-order valence-electron chi connectivity index (χ2n) is 7.30. The van der Waals surface area contributed by atoms with Gasteiger partial charge in [-0.2, -0.15) is 10.6 Å². The summed E-state index contributed by atoms with van der Waals surface area (Å²) in [6.07, 6.45) is 1.45. The molecular weight excluding hydrogens is 412 g/mol. The Labute approximate surface area is 173 Å². The summed E-state index contributed by atoms with van der Waals surface area (Å²) in [5.74, 6) is -0.952. The highest BCUT2D eigenvalue weighted by Crippen LogP contribution is 2.41. The maximum atomic E-state index is 13.6. The second kappa shape index (κ2) is 7.82. The van der Waals surface area contributed by atoms with E-state index in [0.717, 1.165) is 23.8 Å². The molecule has 1 aliphatic rings. The van der Waals surface area contributed by atoms with Gasteiger partial charge in [0.2, 0.25) is 0 Å². The number of carbonyl (C=O) groups is 1. The number of anilines is 2. The third-order valence-corrected chi connectivity index (χ3v) is 6.81. The summed E-state index contributed by atoms with van der Waals surface area (Å²) >= 11 is 0. The van der Waals surface area contributed by atoms with Gasteiger partial charge in [-0.25, -0.2) is 13.8 Å². The van der Waals surface area contributed by atoms with E-state index in [1.165, 1.54) is 6.20 Å². The standard InChI is InChI=1S/C21H21F2N3O3S/c1-13-3-2-4-17-19(13)18(21(27)26-5-7-30(28,29)8-6-26)12-24-20(17)25-16-10-14(22)9-15(23)11-16/h2-4,9-12,28-29H,5-8H2,1H3,(H,24,25). The molecule has 1 fully saturated rings. The maximum absolute atomic E-state index is 13.6. The number of aromatic nitrogens is 1. The minimum Gasteiger partial charge on any atom is -0.340 e. The van der Waals surface area contributed by atoms with Crippen LogP contribution in [0, 0.1) is 18.6 Å². The summed E-state index contributed by atoms with van der Waals surface area (Å²) in [6, 6.07) is 8.60. The Bertz CT molecular complexity index is 1110. The van der Waals surface area contributed by atoms with E-state index in [4.69, 9.17) is 0 Å². The lowest BCUT2D eigenvalue weighted by Crippen LogP contribution is -2.42. The predicted molar refractivity (Wildman–Crippen MR) is 115 cm³/mol. The Balaban J connectivity index is 1.73. The van der Waals surface area contributed by atoms with Gasteiger partial charge in [-0.1, -0.05) is 18.2 Å². The first-order valence-corrected chi connectivity index (χ1v) is 11.3. The van der Waals surface area contributed by atoms with E-state index in [9.17, 15) is 22.7 Å². The van der Waals surface area contributed by atoms with E-state index in [0.29, 0.717) is 22.2 Å². The molecule has 1 aromatic heterocycles. The third kappa shape index (κ3) is 4.09. The Morgan fingerprint density at radius 2 is 1.80 bits per heavy atom. The number of nitrogens with one attached hydrogen (secondary N) is 1. The summed E-state index contributed by atoms with van der Waals surface area (Å²) in [4.78, 5) is 19.1. The smallest absolute Gasteiger partial charge is 0.256 e. The molecule has 0 saturated carbocycles. The van der Waals surface area contributed by atoms with E-state index < -0.39 is 22.2 Å². The molecule has 4 rings (SSSR count). The summed E-state index contributed by atoms with van der Waals surface area (Å²) in [5.41, 5.74) is 1.47. The van der Waals surface area contributed by atoms with Crippen molar-refractivity contribution < 1.29 is 22.7 Å². The Morgan fingerprint density at radius 1 is 1.13 bits per heavy atom. The van der Waals surface area contributed by atoms with Gasteiger partial charge >= 0.3 is 0 Å². The van der Waals surface area contributed by atoms with Gasteiger partial charge in [0.1, 0.15) is 17.5 Å². The lowest BCUT2D eigenvalue weighted by molar-refractivity contribution is 0.0769. The summed E-state index contributed by atoms with van der Waals surface area (Å²) in [7, 11) is -2.61. The molecule has 2 aromatic carbocycles. The molecule has 0 unspecified atom stereocenters. The number of halogens is 2. The van der Waals surface area contributed by atoms with Crippen molar-refractivity contribution in [1.29, 1.82) is 0 Å². The van der Waals surface area contributed by atoms with Crippen LogP contribution in [-0.4, -0.2) is 49.5 Å². The first-order valence-electron chi connectivity index (χ1n) is 9.38. The number of hydrogen-bond acceptors (Lipinski definition) is 5. The van der Waals surface area contributed by atoms with Gasteiger partial charge in [0.05, 0.1) is 17.1 Å². The number of carbonyl (C=O) groups excluding carboxylic acids is 1. The molecule has 3 N–H and O–H groups in total. The van der Waals surface area contributed by atoms with E-state index in [-0.39, 0.29) is 36.2 Å². The van der Waals surface area contributed by atoms with E-state index in [1.54, 1.807) is 11.0 Å². The van der Waals surface area contributed by atoms with Crippen molar-refractivity contribution >= 4 is 38.8 Å². The fourth-order valence-corrected chi connectivity index (χ4v) is 4.84. The molecule has 158 valence electrons.